The first-order valence-corrected chi connectivity index (χ1v) is 2.39. The van der Waals surface area contributed by atoms with E-state index in [0.717, 1.165) is 0 Å². The lowest BCUT2D eigenvalue weighted by molar-refractivity contribution is -0.144. The summed E-state index contributed by atoms with van der Waals surface area (Å²) in [4.78, 5) is 9.95. The second-order valence-electron chi connectivity index (χ2n) is 1.60. The van der Waals surface area contributed by atoms with Crippen LogP contribution in [0.4, 0.5) is 0 Å². The van der Waals surface area contributed by atoms with E-state index < -0.39 is 18.4 Å². The molecule has 0 fully saturated rings. The molecule has 0 rings (SSSR count). The van der Waals surface area contributed by atoms with Gasteiger partial charge in [-0.25, -0.2) is 0 Å². The van der Waals surface area contributed by atoms with Crippen LogP contribution in [-0.2, 0) is 4.79 Å². The number of aliphatic carboxylic acids is 1. The Balaban J connectivity index is 3.50. The summed E-state index contributed by atoms with van der Waals surface area (Å²) in [6.45, 7) is 1.31. The van der Waals surface area contributed by atoms with E-state index in [1.54, 1.807) is 0 Å². The molecule has 0 heterocycles. The highest BCUT2D eigenvalue weighted by Crippen LogP contribution is 1.80. The molecule has 0 aromatic carbocycles. The van der Waals surface area contributed by atoms with E-state index in [1.165, 1.54) is 6.92 Å². The third-order valence-corrected chi connectivity index (χ3v) is 0.769. The fourth-order valence-corrected chi connectivity index (χ4v) is 0.295. The monoisotopic (exact) mass is 135 g/mol. The Bertz CT molecular complexity index is 103. The fourth-order valence-electron chi connectivity index (χ4n) is 0.295. The van der Waals surface area contributed by atoms with Gasteiger partial charge in [-0.3, -0.25) is 10.1 Å². The molecule has 0 radical (unpaired) electrons. The van der Waals surface area contributed by atoms with Crippen LogP contribution in [0.5, 0.6) is 0 Å². The average Bonchev–Trinajstić information content (AvgIpc) is 1.63. The van der Waals surface area contributed by atoms with E-state index in [0.29, 0.717) is 0 Å². The highest BCUT2D eigenvalue weighted by molar-refractivity contribution is 5.72. The number of nitrogens with one attached hydrogen (secondary N) is 1. The zero-order valence-electron chi connectivity index (χ0n) is 4.90. The maximum absolute atomic E-state index is 9.95. The van der Waals surface area contributed by atoms with E-state index >= 15 is 0 Å². The molecule has 5 heteroatoms. The smallest absolute Gasteiger partial charge is 0.320 e. The van der Waals surface area contributed by atoms with Gasteiger partial charge >= 0.3 is 5.97 Å². The van der Waals surface area contributed by atoms with Crippen LogP contribution in [0, 0.1) is 0 Å². The quantitative estimate of drug-likeness (QED) is 0.347. The molecule has 0 unspecified atom stereocenters. The number of rotatable bonds is 3. The van der Waals surface area contributed by atoms with Crippen molar-refractivity contribution in [3.8, 4) is 0 Å². The largest absolute Gasteiger partial charge is 0.480 e. The lowest BCUT2D eigenvalue weighted by Gasteiger charge is -2.09. The number of hydrogen-bond donors (Lipinski definition) is 4. The Kier molecular flexibility index (Phi) is 3.15. The second-order valence-corrected chi connectivity index (χ2v) is 1.60. The van der Waals surface area contributed by atoms with Gasteiger partial charge in [-0.1, -0.05) is 0 Å². The summed E-state index contributed by atoms with van der Waals surface area (Å²) < 4.78 is 0. The zero-order chi connectivity index (χ0) is 7.44. The average molecular weight is 135 g/mol. The minimum atomic E-state index is -1.77. The molecule has 1 atom stereocenters. The fraction of sp³-hybridized carbons (Fsp3) is 0.750. The first-order valence-electron chi connectivity index (χ1n) is 2.39. The van der Waals surface area contributed by atoms with Crippen LogP contribution in [0.1, 0.15) is 6.92 Å². The van der Waals surface area contributed by atoms with Crippen LogP contribution in [0.15, 0.2) is 0 Å². The van der Waals surface area contributed by atoms with Crippen molar-refractivity contribution in [2.75, 3.05) is 0 Å². The molecule has 0 saturated heterocycles. The molecule has 0 spiro atoms. The Morgan fingerprint density at radius 1 is 1.56 bits per heavy atom. The number of aliphatic hydroxyl groups is 2. The lowest BCUT2D eigenvalue weighted by Crippen LogP contribution is -2.40. The molecule has 0 aliphatic rings. The summed E-state index contributed by atoms with van der Waals surface area (Å²) in [5.41, 5.74) is 0. The molecular weight excluding hydrogens is 126 g/mol. The van der Waals surface area contributed by atoms with Crippen LogP contribution >= 0.6 is 0 Å². The Morgan fingerprint density at radius 2 is 2.00 bits per heavy atom. The normalized spacial score (nSPS) is 13.8. The van der Waals surface area contributed by atoms with Crippen LogP contribution < -0.4 is 5.32 Å². The maximum atomic E-state index is 9.95. The van der Waals surface area contributed by atoms with Gasteiger partial charge in [-0.15, -0.1) is 0 Å². The first-order chi connectivity index (χ1) is 4.04. The molecule has 0 amide bonds. The molecule has 0 aromatic heterocycles. The third-order valence-electron chi connectivity index (χ3n) is 0.769. The molecule has 0 aromatic rings. The standard InChI is InChI=1S/C4H9NO4/c1-2(3(6)7)5-4(8)9/h2,4-5,8-9H,1H3,(H,6,7)/t2-/m0/s1. The summed E-state index contributed by atoms with van der Waals surface area (Å²) in [7, 11) is 0. The predicted molar refractivity (Wildman–Crippen MR) is 28.5 cm³/mol. The number of carboxylic acids is 1. The first kappa shape index (κ1) is 8.35. The van der Waals surface area contributed by atoms with Gasteiger partial charge in [0.25, 0.3) is 0 Å². The van der Waals surface area contributed by atoms with Crippen molar-refractivity contribution < 1.29 is 20.1 Å². The van der Waals surface area contributed by atoms with Crippen molar-refractivity contribution in [1.29, 1.82) is 0 Å². The molecule has 9 heavy (non-hydrogen) atoms. The topological polar surface area (TPSA) is 89.8 Å². The highest BCUT2D eigenvalue weighted by atomic mass is 16.5. The van der Waals surface area contributed by atoms with E-state index in [-0.39, 0.29) is 0 Å². The summed E-state index contributed by atoms with van der Waals surface area (Å²) in [6, 6.07) is -0.940. The summed E-state index contributed by atoms with van der Waals surface area (Å²) in [5.74, 6) is -1.12. The van der Waals surface area contributed by atoms with Crippen molar-refractivity contribution in [1.82, 2.24) is 5.32 Å². The van der Waals surface area contributed by atoms with E-state index in [1.807, 2.05) is 5.32 Å². The van der Waals surface area contributed by atoms with Crippen molar-refractivity contribution in [3.05, 3.63) is 0 Å². The van der Waals surface area contributed by atoms with Crippen LogP contribution in [-0.4, -0.2) is 33.7 Å². The van der Waals surface area contributed by atoms with Crippen LogP contribution in [0.25, 0.3) is 0 Å². The van der Waals surface area contributed by atoms with Gasteiger partial charge in [0.2, 0.25) is 6.41 Å². The van der Waals surface area contributed by atoms with Gasteiger partial charge in [0.1, 0.15) is 6.04 Å². The van der Waals surface area contributed by atoms with Gasteiger partial charge in [0.05, 0.1) is 0 Å². The minimum absolute atomic E-state index is 0.940. The predicted octanol–water partition coefficient (Wildman–Crippen LogP) is -1.68. The second kappa shape index (κ2) is 3.39. The highest BCUT2D eigenvalue weighted by Gasteiger charge is 2.11. The number of aliphatic hydroxyl groups excluding tert-OH is 1. The van der Waals surface area contributed by atoms with Gasteiger partial charge < -0.3 is 15.3 Å². The van der Waals surface area contributed by atoms with E-state index in [4.69, 9.17) is 15.3 Å². The van der Waals surface area contributed by atoms with Gasteiger partial charge in [-0.05, 0) is 6.92 Å². The van der Waals surface area contributed by atoms with Gasteiger partial charge in [0, 0.05) is 0 Å². The lowest BCUT2D eigenvalue weighted by atomic mass is 10.3. The number of carboxylic acid groups (broad SMARTS) is 1. The molecule has 5 nitrogen and oxygen atoms in total. The molecule has 0 aliphatic carbocycles. The van der Waals surface area contributed by atoms with Crippen molar-refractivity contribution in [3.63, 3.8) is 0 Å². The van der Waals surface area contributed by atoms with E-state index in [9.17, 15) is 4.79 Å². The van der Waals surface area contributed by atoms with Crippen LogP contribution in [0.2, 0.25) is 0 Å². The molecular formula is C4H9NO4. The van der Waals surface area contributed by atoms with Crippen molar-refractivity contribution in [2.45, 2.75) is 19.4 Å². The van der Waals surface area contributed by atoms with Crippen molar-refractivity contribution >= 4 is 5.97 Å². The minimum Gasteiger partial charge on any atom is -0.480 e. The van der Waals surface area contributed by atoms with Gasteiger partial charge in [-0.2, -0.15) is 0 Å². The summed E-state index contributed by atoms with van der Waals surface area (Å²) in [5, 5.41) is 26.4. The van der Waals surface area contributed by atoms with Crippen molar-refractivity contribution in [2.24, 2.45) is 0 Å². The molecule has 0 aliphatic heterocycles. The van der Waals surface area contributed by atoms with Gasteiger partial charge in [0.15, 0.2) is 0 Å². The summed E-state index contributed by atoms with van der Waals surface area (Å²) in [6.07, 6.45) is -1.77. The zero-order valence-corrected chi connectivity index (χ0v) is 4.90. The van der Waals surface area contributed by atoms with Crippen LogP contribution in [0.3, 0.4) is 0 Å². The molecule has 0 bridgehead atoms. The SMILES string of the molecule is C[C@H](NC(O)O)C(=O)O. The third kappa shape index (κ3) is 3.89. The number of carbonyl (C=O) groups is 1. The number of hydrogen-bond acceptors (Lipinski definition) is 4. The van der Waals surface area contributed by atoms with E-state index in [2.05, 4.69) is 0 Å². The molecule has 4 N–H and O–H groups in total. The summed E-state index contributed by atoms with van der Waals surface area (Å²) >= 11 is 0. The Hall–Kier alpha value is -0.650. The Morgan fingerprint density at radius 3 is 2.11 bits per heavy atom. The maximum Gasteiger partial charge on any atom is 0.320 e. The Labute approximate surface area is 51.9 Å². The molecule has 0 saturated carbocycles. The molecule has 54 valence electrons.